The van der Waals surface area contributed by atoms with Crippen LogP contribution in [0.3, 0.4) is 0 Å². The van der Waals surface area contributed by atoms with E-state index >= 15 is 0 Å². The van der Waals surface area contributed by atoms with Crippen molar-refractivity contribution in [2.75, 3.05) is 0 Å². The zero-order chi connectivity index (χ0) is 9.84. The Balaban J connectivity index is 3.04. The third kappa shape index (κ3) is 2.22. The first-order chi connectivity index (χ1) is 6.16. The molecule has 68 valence electrons. The fourth-order valence-corrected chi connectivity index (χ4v) is 1.68. The van der Waals surface area contributed by atoms with Crippen molar-refractivity contribution < 1.29 is 5.11 Å². The van der Waals surface area contributed by atoms with Gasteiger partial charge in [-0.05, 0) is 25.0 Å². The predicted octanol–water partition coefficient (Wildman–Crippen LogP) is 2.92. The van der Waals surface area contributed by atoms with Crippen LogP contribution in [-0.4, -0.2) is 5.11 Å². The van der Waals surface area contributed by atoms with Gasteiger partial charge in [0.15, 0.2) is 0 Å². The van der Waals surface area contributed by atoms with E-state index in [0.717, 1.165) is 15.6 Å². The van der Waals surface area contributed by atoms with Crippen molar-refractivity contribution in [1.82, 2.24) is 0 Å². The number of halogens is 1. The number of aromatic hydroxyl groups is 1. The van der Waals surface area contributed by atoms with Gasteiger partial charge in [-0.1, -0.05) is 22.0 Å². The number of benzene rings is 1. The van der Waals surface area contributed by atoms with Crippen molar-refractivity contribution in [2.24, 2.45) is 0 Å². The molecule has 0 aliphatic heterocycles. The second kappa shape index (κ2) is 4.29. The molecule has 0 radical (unpaired) electrons. The maximum Gasteiger partial charge on any atom is 0.119 e. The summed E-state index contributed by atoms with van der Waals surface area (Å²) < 4.78 is 0.905. The van der Waals surface area contributed by atoms with Crippen LogP contribution in [0.15, 0.2) is 16.6 Å². The summed E-state index contributed by atoms with van der Waals surface area (Å²) in [7, 11) is 0. The number of hydrogen-bond acceptors (Lipinski definition) is 2. The topological polar surface area (TPSA) is 44.0 Å². The number of aryl methyl sites for hydroxylation is 1. The lowest BCUT2D eigenvalue weighted by molar-refractivity contribution is 0.467. The Labute approximate surface area is 85.9 Å². The van der Waals surface area contributed by atoms with E-state index in [2.05, 4.69) is 22.0 Å². The first kappa shape index (κ1) is 10.1. The molecule has 0 atom stereocenters. The van der Waals surface area contributed by atoms with E-state index < -0.39 is 0 Å². The van der Waals surface area contributed by atoms with E-state index in [4.69, 9.17) is 5.26 Å². The maximum absolute atomic E-state index is 9.50. The molecule has 13 heavy (non-hydrogen) atoms. The number of nitrogens with zero attached hydrogens (tertiary/aromatic N) is 1. The predicted molar refractivity (Wildman–Crippen MR) is 54.5 cm³/mol. The molecular formula is C10H10BrNO. The van der Waals surface area contributed by atoms with Crippen molar-refractivity contribution in [3.63, 3.8) is 0 Å². The zero-order valence-electron chi connectivity index (χ0n) is 7.34. The quantitative estimate of drug-likeness (QED) is 0.863. The van der Waals surface area contributed by atoms with Crippen molar-refractivity contribution in [1.29, 1.82) is 5.26 Å². The largest absolute Gasteiger partial charge is 0.508 e. The third-order valence-corrected chi connectivity index (χ3v) is 3.00. The Kier molecular flexibility index (Phi) is 3.32. The van der Waals surface area contributed by atoms with Crippen molar-refractivity contribution in [2.45, 2.75) is 19.8 Å². The smallest absolute Gasteiger partial charge is 0.119 e. The summed E-state index contributed by atoms with van der Waals surface area (Å²) in [5.74, 6) is 0.257. The molecular weight excluding hydrogens is 230 g/mol. The minimum Gasteiger partial charge on any atom is -0.508 e. The third-order valence-electron chi connectivity index (χ3n) is 1.90. The molecule has 1 aromatic carbocycles. The number of hydrogen-bond donors (Lipinski definition) is 1. The number of phenols is 1. The number of nitriles is 1. The highest BCUT2D eigenvalue weighted by molar-refractivity contribution is 9.10. The van der Waals surface area contributed by atoms with E-state index in [0.29, 0.717) is 12.8 Å². The van der Waals surface area contributed by atoms with Crippen LogP contribution in [0, 0.1) is 18.3 Å². The normalized spacial score (nSPS) is 9.62. The van der Waals surface area contributed by atoms with Gasteiger partial charge < -0.3 is 5.11 Å². The molecule has 0 bridgehead atoms. The molecule has 3 heteroatoms. The average molecular weight is 240 g/mol. The fraction of sp³-hybridized carbons (Fsp3) is 0.300. The Morgan fingerprint density at radius 3 is 2.85 bits per heavy atom. The van der Waals surface area contributed by atoms with Crippen LogP contribution in [0.2, 0.25) is 0 Å². The van der Waals surface area contributed by atoms with E-state index in [9.17, 15) is 5.11 Å². The average Bonchev–Trinajstić information content (AvgIpc) is 2.12. The molecule has 0 spiro atoms. The molecule has 0 heterocycles. The van der Waals surface area contributed by atoms with Crippen LogP contribution in [0.25, 0.3) is 0 Å². The van der Waals surface area contributed by atoms with Crippen molar-refractivity contribution >= 4 is 15.9 Å². The lowest BCUT2D eigenvalue weighted by Gasteiger charge is -2.07. The van der Waals surface area contributed by atoms with Crippen molar-refractivity contribution in [3.8, 4) is 11.8 Å². The summed E-state index contributed by atoms with van der Waals surface area (Å²) in [6, 6.07) is 5.56. The van der Waals surface area contributed by atoms with Crippen LogP contribution in [-0.2, 0) is 6.42 Å². The summed E-state index contributed by atoms with van der Waals surface area (Å²) in [5.41, 5.74) is 1.90. The highest BCUT2D eigenvalue weighted by atomic mass is 79.9. The van der Waals surface area contributed by atoms with E-state index in [1.807, 2.05) is 13.0 Å². The molecule has 0 aromatic heterocycles. The lowest BCUT2D eigenvalue weighted by atomic mass is 10.1. The highest BCUT2D eigenvalue weighted by Gasteiger charge is 2.07. The van der Waals surface area contributed by atoms with Gasteiger partial charge in [0.2, 0.25) is 0 Å². The van der Waals surface area contributed by atoms with Crippen LogP contribution in [0.5, 0.6) is 5.75 Å². The molecule has 1 N–H and O–H groups in total. The van der Waals surface area contributed by atoms with Gasteiger partial charge in [0.1, 0.15) is 5.75 Å². The Morgan fingerprint density at radius 2 is 2.23 bits per heavy atom. The molecule has 0 fully saturated rings. The molecule has 0 aliphatic carbocycles. The second-order valence-corrected chi connectivity index (χ2v) is 3.65. The van der Waals surface area contributed by atoms with Crippen LogP contribution < -0.4 is 0 Å². The van der Waals surface area contributed by atoms with Gasteiger partial charge in [0.25, 0.3) is 0 Å². The summed E-state index contributed by atoms with van der Waals surface area (Å²) in [4.78, 5) is 0. The Bertz CT molecular complexity index is 355. The van der Waals surface area contributed by atoms with Gasteiger partial charge in [-0.3, -0.25) is 0 Å². The fourth-order valence-electron chi connectivity index (χ4n) is 1.15. The standard InChI is InChI=1S/C10H10BrNO/c1-7-4-5-9(13)8(10(7)11)3-2-6-12/h4-5,13H,2-3H2,1H3. The first-order valence-electron chi connectivity index (χ1n) is 4.00. The molecule has 1 rings (SSSR count). The van der Waals surface area contributed by atoms with Gasteiger partial charge in [-0.15, -0.1) is 0 Å². The maximum atomic E-state index is 9.50. The lowest BCUT2D eigenvalue weighted by Crippen LogP contribution is -1.89. The number of rotatable bonds is 2. The van der Waals surface area contributed by atoms with E-state index in [-0.39, 0.29) is 5.75 Å². The zero-order valence-corrected chi connectivity index (χ0v) is 8.93. The minimum absolute atomic E-state index is 0.257. The summed E-state index contributed by atoms with van der Waals surface area (Å²) in [6.07, 6.45) is 1.01. The molecule has 1 aromatic rings. The molecule has 0 aliphatic rings. The monoisotopic (exact) mass is 239 g/mol. The van der Waals surface area contributed by atoms with Crippen LogP contribution in [0.4, 0.5) is 0 Å². The molecule has 0 unspecified atom stereocenters. The summed E-state index contributed by atoms with van der Waals surface area (Å²) in [5, 5.41) is 17.9. The van der Waals surface area contributed by atoms with Crippen LogP contribution >= 0.6 is 15.9 Å². The molecule has 0 saturated heterocycles. The van der Waals surface area contributed by atoms with E-state index in [1.54, 1.807) is 6.07 Å². The highest BCUT2D eigenvalue weighted by Crippen LogP contribution is 2.29. The summed E-state index contributed by atoms with van der Waals surface area (Å²) >= 11 is 3.39. The molecule has 2 nitrogen and oxygen atoms in total. The Morgan fingerprint density at radius 1 is 1.54 bits per heavy atom. The Hall–Kier alpha value is -1.01. The van der Waals surface area contributed by atoms with E-state index in [1.165, 1.54) is 0 Å². The van der Waals surface area contributed by atoms with Gasteiger partial charge in [-0.25, -0.2) is 0 Å². The van der Waals surface area contributed by atoms with Gasteiger partial charge in [-0.2, -0.15) is 5.26 Å². The van der Waals surface area contributed by atoms with Gasteiger partial charge >= 0.3 is 0 Å². The second-order valence-electron chi connectivity index (χ2n) is 2.85. The van der Waals surface area contributed by atoms with Gasteiger partial charge in [0.05, 0.1) is 6.07 Å². The first-order valence-corrected chi connectivity index (χ1v) is 4.80. The molecule has 0 amide bonds. The SMILES string of the molecule is Cc1ccc(O)c(CCC#N)c1Br. The van der Waals surface area contributed by atoms with Crippen LogP contribution in [0.1, 0.15) is 17.5 Å². The minimum atomic E-state index is 0.257. The molecule has 0 saturated carbocycles. The summed E-state index contributed by atoms with van der Waals surface area (Å²) in [6.45, 7) is 1.96. The number of phenolic OH excluding ortho intramolecular Hbond substituents is 1. The van der Waals surface area contributed by atoms with Crippen molar-refractivity contribution in [3.05, 3.63) is 27.7 Å². The van der Waals surface area contributed by atoms with Gasteiger partial charge in [0, 0.05) is 16.5 Å².